The number of hydrogen-bond acceptors (Lipinski definition) is 5. The number of likely N-dealkylation sites (tertiary alicyclic amines) is 1. The number of anilines is 1. The second-order valence-corrected chi connectivity index (χ2v) is 9.67. The first kappa shape index (κ1) is 25.2. The summed E-state index contributed by atoms with van der Waals surface area (Å²) < 4.78 is 51.0. The lowest BCUT2D eigenvalue weighted by atomic mass is 9.87. The Kier molecular flexibility index (Phi) is 7.15. The molecule has 6 nitrogen and oxygen atoms in total. The van der Waals surface area contributed by atoms with Gasteiger partial charge in [-0.25, -0.2) is 0 Å². The van der Waals surface area contributed by atoms with Crippen LogP contribution in [0.2, 0.25) is 0 Å². The molecule has 3 heterocycles. The predicted molar refractivity (Wildman–Crippen MR) is 134 cm³/mol. The molecule has 196 valence electrons. The highest BCUT2D eigenvalue weighted by atomic mass is 19.4. The summed E-state index contributed by atoms with van der Waals surface area (Å²) in [7, 11) is 1.65. The number of carbonyl (C=O) groups is 1. The van der Waals surface area contributed by atoms with Gasteiger partial charge >= 0.3 is 6.18 Å². The summed E-state index contributed by atoms with van der Waals surface area (Å²) in [6.45, 7) is 4.86. The number of ether oxygens (including phenoxy) is 1. The zero-order valence-corrected chi connectivity index (χ0v) is 20.7. The third-order valence-electron chi connectivity index (χ3n) is 7.39. The molecule has 1 aromatic heterocycles. The molecular formula is C28H30F3N3O3. The van der Waals surface area contributed by atoms with E-state index in [4.69, 9.17) is 9.15 Å². The van der Waals surface area contributed by atoms with E-state index in [2.05, 4.69) is 15.9 Å². The van der Waals surface area contributed by atoms with Crippen LogP contribution in [-0.2, 0) is 6.18 Å². The number of methoxy groups -OCH3 is 1. The second kappa shape index (κ2) is 10.5. The second-order valence-electron chi connectivity index (χ2n) is 9.67. The number of benzene rings is 2. The topological polar surface area (TPSA) is 49.2 Å². The van der Waals surface area contributed by atoms with E-state index in [1.807, 2.05) is 18.2 Å². The minimum atomic E-state index is -4.41. The lowest BCUT2D eigenvalue weighted by molar-refractivity contribution is -0.137. The molecule has 2 fully saturated rings. The van der Waals surface area contributed by atoms with E-state index in [-0.39, 0.29) is 23.5 Å². The number of hydrogen-bond donors (Lipinski definition) is 0. The van der Waals surface area contributed by atoms with Gasteiger partial charge in [0.05, 0.1) is 18.9 Å². The molecule has 0 aliphatic carbocycles. The smallest absolute Gasteiger partial charge is 0.416 e. The molecule has 9 heteroatoms. The molecule has 0 spiro atoms. The number of alkyl halides is 3. The van der Waals surface area contributed by atoms with Crippen molar-refractivity contribution in [3.8, 4) is 5.75 Å². The molecule has 2 aliphatic heterocycles. The fourth-order valence-electron chi connectivity index (χ4n) is 5.43. The van der Waals surface area contributed by atoms with Crippen LogP contribution in [0.25, 0.3) is 0 Å². The van der Waals surface area contributed by atoms with Crippen molar-refractivity contribution >= 4 is 11.6 Å². The highest BCUT2D eigenvalue weighted by Crippen LogP contribution is 2.37. The molecule has 0 bridgehead atoms. The van der Waals surface area contributed by atoms with Gasteiger partial charge in [0.15, 0.2) is 5.76 Å². The standard InChI is InChI=1S/C28H30F3N3O3/c1-36-24-8-3-7-23(16-24)33-12-10-32(11-13-33)17-21-18-34(27(35)26-9-4-14-37-26)19-25(21)20-5-2-6-22(15-20)28(29,30)31/h2-9,14-16,21,25H,10-13,17-19H2,1H3/t21-,25-/m1/s1. The lowest BCUT2D eigenvalue weighted by Crippen LogP contribution is -2.48. The normalized spacial score (nSPS) is 20.9. The van der Waals surface area contributed by atoms with Gasteiger partial charge in [-0.05, 0) is 41.8 Å². The number of halogens is 3. The van der Waals surface area contributed by atoms with Gasteiger partial charge in [-0.3, -0.25) is 9.69 Å². The van der Waals surface area contributed by atoms with Crippen molar-refractivity contribution in [3.63, 3.8) is 0 Å². The van der Waals surface area contributed by atoms with E-state index in [9.17, 15) is 18.0 Å². The van der Waals surface area contributed by atoms with Crippen LogP contribution in [0.15, 0.2) is 71.3 Å². The van der Waals surface area contributed by atoms with Gasteiger partial charge in [0, 0.05) is 63.5 Å². The van der Waals surface area contributed by atoms with Gasteiger partial charge < -0.3 is 19.0 Å². The molecule has 1 amide bonds. The Balaban J connectivity index is 1.31. The molecule has 37 heavy (non-hydrogen) atoms. The van der Waals surface area contributed by atoms with Crippen LogP contribution < -0.4 is 9.64 Å². The number of piperazine rings is 1. The first-order valence-corrected chi connectivity index (χ1v) is 12.4. The molecule has 0 N–H and O–H groups in total. The first-order chi connectivity index (χ1) is 17.8. The highest BCUT2D eigenvalue weighted by Gasteiger charge is 2.39. The molecule has 2 aliphatic rings. The number of nitrogens with zero attached hydrogens (tertiary/aromatic N) is 3. The Labute approximate surface area is 214 Å². The van der Waals surface area contributed by atoms with Gasteiger partial charge in [0.25, 0.3) is 5.91 Å². The summed E-state index contributed by atoms with van der Waals surface area (Å²) >= 11 is 0. The van der Waals surface area contributed by atoms with E-state index < -0.39 is 11.7 Å². The monoisotopic (exact) mass is 513 g/mol. The van der Waals surface area contributed by atoms with Crippen LogP contribution in [0, 0.1) is 5.92 Å². The molecule has 0 unspecified atom stereocenters. The first-order valence-electron chi connectivity index (χ1n) is 12.4. The Morgan fingerprint density at radius 3 is 2.49 bits per heavy atom. The summed E-state index contributed by atoms with van der Waals surface area (Å²) in [5, 5.41) is 0. The van der Waals surface area contributed by atoms with Gasteiger partial charge in [-0.15, -0.1) is 0 Å². The zero-order valence-electron chi connectivity index (χ0n) is 20.7. The van der Waals surface area contributed by atoms with Crippen LogP contribution in [0.5, 0.6) is 5.75 Å². The quantitative estimate of drug-likeness (QED) is 0.465. The Morgan fingerprint density at radius 2 is 1.78 bits per heavy atom. The van der Waals surface area contributed by atoms with Crippen molar-refractivity contribution in [2.75, 3.05) is 57.8 Å². The minimum absolute atomic E-state index is 0.00534. The molecule has 0 saturated carbocycles. The number of amides is 1. The van der Waals surface area contributed by atoms with Crippen molar-refractivity contribution < 1.29 is 27.1 Å². The molecule has 0 radical (unpaired) electrons. The fourth-order valence-corrected chi connectivity index (χ4v) is 5.43. The Hall–Kier alpha value is -3.46. The highest BCUT2D eigenvalue weighted by molar-refractivity contribution is 5.91. The molecule has 2 atom stereocenters. The van der Waals surface area contributed by atoms with E-state index in [0.29, 0.717) is 25.2 Å². The largest absolute Gasteiger partial charge is 0.497 e. The van der Waals surface area contributed by atoms with Crippen LogP contribution >= 0.6 is 0 Å². The van der Waals surface area contributed by atoms with Gasteiger partial charge in [0.2, 0.25) is 0 Å². The summed E-state index contributed by atoms with van der Waals surface area (Å²) in [6.07, 6.45) is -2.96. The summed E-state index contributed by atoms with van der Waals surface area (Å²) in [5.41, 5.74) is 1.06. The number of rotatable bonds is 6. The molecular weight excluding hydrogens is 483 g/mol. The zero-order chi connectivity index (χ0) is 26.0. The van der Waals surface area contributed by atoms with Crippen LogP contribution in [-0.4, -0.2) is 68.6 Å². The van der Waals surface area contributed by atoms with Crippen molar-refractivity contribution in [2.24, 2.45) is 5.92 Å². The average Bonchev–Trinajstić information content (AvgIpc) is 3.59. The van der Waals surface area contributed by atoms with E-state index in [0.717, 1.165) is 43.7 Å². The van der Waals surface area contributed by atoms with Gasteiger partial charge in [0.1, 0.15) is 5.75 Å². The maximum absolute atomic E-state index is 13.4. The van der Waals surface area contributed by atoms with Crippen molar-refractivity contribution in [2.45, 2.75) is 12.1 Å². The Morgan fingerprint density at radius 1 is 1.00 bits per heavy atom. The van der Waals surface area contributed by atoms with E-state index >= 15 is 0 Å². The van der Waals surface area contributed by atoms with Gasteiger partial charge in [-0.2, -0.15) is 13.2 Å². The van der Waals surface area contributed by atoms with E-state index in [1.54, 1.807) is 30.2 Å². The average molecular weight is 514 g/mol. The molecule has 3 aromatic rings. The fraction of sp³-hybridized carbons (Fsp3) is 0.393. The SMILES string of the molecule is COc1cccc(N2CCN(C[C@@H]3CN(C(=O)c4ccco4)C[C@@H]3c3cccc(C(F)(F)F)c3)CC2)c1. The predicted octanol–water partition coefficient (Wildman–Crippen LogP) is 4.99. The summed E-state index contributed by atoms with van der Waals surface area (Å²) in [5.74, 6) is 0.641. The summed E-state index contributed by atoms with van der Waals surface area (Å²) in [6, 6.07) is 16.8. The minimum Gasteiger partial charge on any atom is -0.497 e. The molecule has 2 saturated heterocycles. The maximum Gasteiger partial charge on any atom is 0.416 e. The Bertz CT molecular complexity index is 1210. The van der Waals surface area contributed by atoms with Crippen molar-refractivity contribution in [1.29, 1.82) is 0 Å². The van der Waals surface area contributed by atoms with Crippen LogP contribution in [0.4, 0.5) is 18.9 Å². The lowest BCUT2D eigenvalue weighted by Gasteiger charge is -2.38. The number of furan rings is 1. The van der Waals surface area contributed by atoms with E-state index in [1.165, 1.54) is 18.4 Å². The third-order valence-corrected chi connectivity index (χ3v) is 7.39. The van der Waals surface area contributed by atoms with Crippen LogP contribution in [0.1, 0.15) is 27.6 Å². The summed E-state index contributed by atoms with van der Waals surface area (Å²) in [4.78, 5) is 19.4. The number of carbonyl (C=O) groups excluding carboxylic acids is 1. The molecule has 5 rings (SSSR count). The van der Waals surface area contributed by atoms with Crippen molar-refractivity contribution in [1.82, 2.24) is 9.80 Å². The third kappa shape index (κ3) is 5.61. The van der Waals surface area contributed by atoms with Crippen LogP contribution in [0.3, 0.4) is 0 Å². The molecule has 2 aromatic carbocycles. The maximum atomic E-state index is 13.4. The van der Waals surface area contributed by atoms with Gasteiger partial charge in [-0.1, -0.05) is 24.3 Å². The van der Waals surface area contributed by atoms with Crippen molar-refractivity contribution in [3.05, 3.63) is 83.8 Å².